The molecule has 2 saturated heterocycles. The van der Waals surface area contributed by atoms with Gasteiger partial charge in [0.2, 0.25) is 5.95 Å². The Balaban J connectivity index is 1.32. The Morgan fingerprint density at radius 3 is 2.64 bits per heavy atom. The summed E-state index contributed by atoms with van der Waals surface area (Å²) < 4.78 is 5.52. The molecule has 3 aliphatic rings. The third-order valence-electron chi connectivity index (χ3n) is 7.38. The summed E-state index contributed by atoms with van der Waals surface area (Å²) in [5.74, 6) is 1.97. The van der Waals surface area contributed by atoms with Gasteiger partial charge in [-0.1, -0.05) is 18.7 Å². The molecule has 1 aromatic carbocycles. The van der Waals surface area contributed by atoms with Crippen molar-refractivity contribution in [3.8, 4) is 11.3 Å². The quantitative estimate of drug-likeness (QED) is 0.753. The first-order chi connectivity index (χ1) is 16.0. The van der Waals surface area contributed by atoms with Crippen LogP contribution in [-0.2, 0) is 17.7 Å². The number of anilines is 2. The van der Waals surface area contributed by atoms with Crippen LogP contribution in [0.25, 0.3) is 11.3 Å². The number of rotatable bonds is 5. The molecule has 0 aliphatic carbocycles. The number of aromatic nitrogens is 2. The van der Waals surface area contributed by atoms with Gasteiger partial charge in [0.15, 0.2) is 0 Å². The van der Waals surface area contributed by atoms with Crippen molar-refractivity contribution in [2.75, 3.05) is 63.6 Å². The lowest BCUT2D eigenvalue weighted by Gasteiger charge is -2.34. The fraction of sp³-hybridized carbons (Fsp3) is 0.538. The number of hydrogen-bond donors (Lipinski definition) is 1. The zero-order valence-electron chi connectivity index (χ0n) is 19.8. The molecule has 2 N–H and O–H groups in total. The lowest BCUT2D eigenvalue weighted by molar-refractivity contribution is 0.0641. The highest BCUT2D eigenvalue weighted by Crippen LogP contribution is 2.31. The van der Waals surface area contributed by atoms with Crippen molar-refractivity contribution in [1.29, 1.82) is 0 Å². The van der Waals surface area contributed by atoms with Crippen LogP contribution >= 0.6 is 0 Å². The Labute approximate surface area is 197 Å². The molecular formula is C26H36N6O. The van der Waals surface area contributed by atoms with Gasteiger partial charge < -0.3 is 25.2 Å². The van der Waals surface area contributed by atoms with Crippen molar-refractivity contribution < 1.29 is 4.74 Å². The molecule has 0 spiro atoms. The van der Waals surface area contributed by atoms with Gasteiger partial charge in [-0.15, -0.1) is 0 Å². The molecule has 2 fully saturated rings. The standard InChI is InChI=1S/C26H36N6O/c1-19(15-20-6-13-33-14-7-20)32-8-5-21-3-4-22(16-23(21)18-32)24-17-25(29-26(27)28-24)31-11-9-30(2)10-12-31/h3-4,16-17,20H,1,5-15,18H2,2H3,(H2,27,28,29). The summed E-state index contributed by atoms with van der Waals surface area (Å²) in [6.45, 7) is 12.2. The highest BCUT2D eigenvalue weighted by molar-refractivity contribution is 5.66. The second-order valence-corrected chi connectivity index (χ2v) is 9.74. The van der Waals surface area contributed by atoms with E-state index in [1.54, 1.807) is 0 Å². The van der Waals surface area contributed by atoms with Gasteiger partial charge in [-0.05, 0) is 55.8 Å². The highest BCUT2D eigenvalue weighted by Gasteiger charge is 2.22. The zero-order valence-corrected chi connectivity index (χ0v) is 19.8. The van der Waals surface area contributed by atoms with Crippen molar-refractivity contribution in [2.24, 2.45) is 5.92 Å². The first kappa shape index (κ1) is 22.2. The van der Waals surface area contributed by atoms with Crippen LogP contribution in [0.2, 0.25) is 0 Å². The van der Waals surface area contributed by atoms with Crippen LogP contribution in [-0.4, -0.2) is 72.8 Å². The van der Waals surface area contributed by atoms with Crippen molar-refractivity contribution in [1.82, 2.24) is 19.8 Å². The minimum Gasteiger partial charge on any atom is -0.381 e. The van der Waals surface area contributed by atoms with Gasteiger partial charge in [0, 0.05) is 69.8 Å². The Kier molecular flexibility index (Phi) is 6.51. The van der Waals surface area contributed by atoms with Gasteiger partial charge >= 0.3 is 0 Å². The first-order valence-electron chi connectivity index (χ1n) is 12.3. The number of nitrogen functional groups attached to an aromatic ring is 1. The highest BCUT2D eigenvalue weighted by atomic mass is 16.5. The van der Waals surface area contributed by atoms with Crippen LogP contribution in [0.3, 0.4) is 0 Å². The van der Waals surface area contributed by atoms with E-state index in [9.17, 15) is 0 Å². The maximum absolute atomic E-state index is 6.13. The molecule has 4 heterocycles. The SMILES string of the molecule is C=C(CC1CCOCC1)N1CCc2ccc(-c3cc(N4CCN(C)CC4)nc(N)n3)cc2C1. The predicted octanol–water partition coefficient (Wildman–Crippen LogP) is 3.17. The van der Waals surface area contributed by atoms with E-state index in [0.717, 1.165) is 95.2 Å². The average Bonchev–Trinajstić information content (AvgIpc) is 2.84. The Morgan fingerprint density at radius 2 is 1.85 bits per heavy atom. The Hall–Kier alpha value is -2.64. The van der Waals surface area contributed by atoms with E-state index >= 15 is 0 Å². The minimum atomic E-state index is 0.339. The van der Waals surface area contributed by atoms with Crippen molar-refractivity contribution in [3.05, 3.63) is 47.7 Å². The van der Waals surface area contributed by atoms with Gasteiger partial charge in [-0.3, -0.25) is 0 Å². The summed E-state index contributed by atoms with van der Waals surface area (Å²) in [7, 11) is 2.16. The maximum Gasteiger partial charge on any atom is 0.222 e. The number of allylic oxidation sites excluding steroid dienone is 1. The molecule has 1 aromatic heterocycles. The van der Waals surface area contributed by atoms with E-state index in [1.165, 1.54) is 16.8 Å². The molecule has 0 bridgehead atoms. The largest absolute Gasteiger partial charge is 0.381 e. The third kappa shape index (κ3) is 5.14. The van der Waals surface area contributed by atoms with Crippen molar-refractivity contribution >= 4 is 11.8 Å². The summed E-state index contributed by atoms with van der Waals surface area (Å²) in [6, 6.07) is 8.82. The lowest BCUT2D eigenvalue weighted by atomic mass is 9.92. The topological polar surface area (TPSA) is 70.8 Å². The minimum absolute atomic E-state index is 0.339. The van der Waals surface area contributed by atoms with Crippen LogP contribution in [0.5, 0.6) is 0 Å². The number of benzene rings is 1. The van der Waals surface area contributed by atoms with E-state index in [4.69, 9.17) is 10.5 Å². The Morgan fingerprint density at radius 1 is 1.06 bits per heavy atom. The van der Waals surface area contributed by atoms with Crippen molar-refractivity contribution in [2.45, 2.75) is 32.2 Å². The second kappa shape index (κ2) is 9.69. The van der Waals surface area contributed by atoms with E-state index < -0.39 is 0 Å². The van der Waals surface area contributed by atoms with Gasteiger partial charge in [0.05, 0.1) is 5.69 Å². The molecule has 0 amide bonds. The summed E-state index contributed by atoms with van der Waals surface area (Å²) in [6.07, 6.45) is 4.44. The Bertz CT molecular complexity index is 994. The third-order valence-corrected chi connectivity index (χ3v) is 7.38. The van der Waals surface area contributed by atoms with Crippen LogP contribution in [0.15, 0.2) is 36.5 Å². The van der Waals surface area contributed by atoms with Crippen LogP contribution < -0.4 is 10.6 Å². The number of fused-ring (bicyclic) bond motifs is 1. The van der Waals surface area contributed by atoms with E-state index in [-0.39, 0.29) is 0 Å². The maximum atomic E-state index is 6.13. The van der Waals surface area contributed by atoms with Gasteiger partial charge in [0.25, 0.3) is 0 Å². The van der Waals surface area contributed by atoms with Crippen molar-refractivity contribution in [3.63, 3.8) is 0 Å². The smallest absolute Gasteiger partial charge is 0.222 e. The second-order valence-electron chi connectivity index (χ2n) is 9.74. The van der Waals surface area contributed by atoms with E-state index in [1.807, 2.05) is 0 Å². The molecule has 0 radical (unpaired) electrons. The number of hydrogen-bond acceptors (Lipinski definition) is 7. The first-order valence-corrected chi connectivity index (χ1v) is 12.3. The zero-order chi connectivity index (χ0) is 22.8. The molecule has 7 nitrogen and oxygen atoms in total. The summed E-state index contributed by atoms with van der Waals surface area (Å²) in [5, 5.41) is 0. The summed E-state index contributed by atoms with van der Waals surface area (Å²) >= 11 is 0. The molecule has 7 heteroatoms. The summed E-state index contributed by atoms with van der Waals surface area (Å²) in [4.78, 5) is 16.2. The molecule has 33 heavy (non-hydrogen) atoms. The monoisotopic (exact) mass is 448 g/mol. The average molecular weight is 449 g/mol. The predicted molar refractivity (Wildman–Crippen MR) is 133 cm³/mol. The number of nitrogens with two attached hydrogens (primary N) is 1. The number of piperazine rings is 1. The molecule has 5 rings (SSSR count). The lowest BCUT2D eigenvalue weighted by Crippen LogP contribution is -2.44. The molecule has 176 valence electrons. The number of likely N-dealkylation sites (N-methyl/N-ethyl adjacent to an activating group) is 1. The molecule has 0 atom stereocenters. The van der Waals surface area contributed by atoms with E-state index in [0.29, 0.717) is 11.9 Å². The van der Waals surface area contributed by atoms with Crippen LogP contribution in [0, 0.1) is 5.92 Å². The molecule has 2 aromatic rings. The van der Waals surface area contributed by atoms with Gasteiger partial charge in [0.1, 0.15) is 5.82 Å². The van der Waals surface area contributed by atoms with Crippen LogP contribution in [0.4, 0.5) is 11.8 Å². The molecule has 0 saturated carbocycles. The van der Waals surface area contributed by atoms with Gasteiger partial charge in [-0.25, -0.2) is 4.98 Å². The fourth-order valence-corrected chi connectivity index (χ4v) is 5.20. The van der Waals surface area contributed by atoms with Crippen LogP contribution in [0.1, 0.15) is 30.4 Å². The molecule has 3 aliphatic heterocycles. The molecule has 0 unspecified atom stereocenters. The number of ether oxygens (including phenoxy) is 1. The number of nitrogens with zero attached hydrogens (tertiary/aromatic N) is 5. The fourth-order valence-electron chi connectivity index (χ4n) is 5.20. The molecular weight excluding hydrogens is 412 g/mol. The van der Waals surface area contributed by atoms with Gasteiger partial charge in [-0.2, -0.15) is 4.98 Å². The summed E-state index contributed by atoms with van der Waals surface area (Å²) in [5.41, 5.74) is 12.2. The normalized spacial score (nSPS) is 20.0. The van der Waals surface area contributed by atoms with E-state index in [2.05, 4.69) is 62.6 Å².